The molecule has 1 aliphatic carbocycles. The molecule has 7 heteroatoms. The molecule has 1 N–H and O–H groups in total. The molecule has 138 valence electrons. The lowest BCUT2D eigenvalue weighted by molar-refractivity contribution is 0.104. The maximum absolute atomic E-state index is 13.1. The van der Waals surface area contributed by atoms with Crippen molar-refractivity contribution in [1.82, 2.24) is 9.29 Å². The Hall–Kier alpha value is -2.77. The van der Waals surface area contributed by atoms with Gasteiger partial charge in [0.05, 0.1) is 17.5 Å². The summed E-state index contributed by atoms with van der Waals surface area (Å²) in [5, 5.41) is 1.15. The second-order valence-electron chi connectivity index (χ2n) is 6.62. The van der Waals surface area contributed by atoms with Crippen LogP contribution >= 0.6 is 0 Å². The second-order valence-corrected chi connectivity index (χ2v) is 8.45. The van der Waals surface area contributed by atoms with E-state index in [2.05, 4.69) is 4.72 Å². The van der Waals surface area contributed by atoms with Crippen molar-refractivity contribution in [2.45, 2.75) is 13.0 Å². The zero-order chi connectivity index (χ0) is 19.2. The van der Waals surface area contributed by atoms with E-state index in [4.69, 9.17) is 0 Å². The van der Waals surface area contributed by atoms with Gasteiger partial charge in [-0.05, 0) is 12.5 Å². The average molecular weight is 382 g/mol. The normalized spacial score (nSPS) is 13.0. The highest BCUT2D eigenvalue weighted by atomic mass is 32.2. The van der Waals surface area contributed by atoms with Gasteiger partial charge in [-0.25, -0.2) is 13.1 Å². The lowest BCUT2D eigenvalue weighted by Gasteiger charge is -2.15. The minimum absolute atomic E-state index is 0.0835. The maximum atomic E-state index is 13.1. The standard InChI is InChI=1S/C20H18N2O4S/c1-27(25,26)21-11-6-12-22-18-14-8-3-4-9-15(14)19(23)17(18)13-7-2-5-10-16(13)20(22)24/h2-5,7-10,21H,6,11-12H2,1H3. The smallest absolute Gasteiger partial charge is 0.258 e. The fourth-order valence-electron chi connectivity index (χ4n) is 3.64. The molecule has 0 radical (unpaired) electrons. The topological polar surface area (TPSA) is 85.2 Å². The molecule has 0 amide bonds. The van der Waals surface area contributed by atoms with Gasteiger partial charge in [0.1, 0.15) is 0 Å². The number of fused-ring (bicyclic) bond motifs is 5. The van der Waals surface area contributed by atoms with E-state index in [1.54, 1.807) is 28.8 Å². The average Bonchev–Trinajstić information content (AvgIpc) is 2.94. The van der Waals surface area contributed by atoms with E-state index in [-0.39, 0.29) is 17.9 Å². The lowest BCUT2D eigenvalue weighted by atomic mass is 10.0. The SMILES string of the molecule is CS(=O)(=O)NCCCn1c2c(c3ccccc3c1=O)C(=O)c1ccccc1-2. The van der Waals surface area contributed by atoms with Gasteiger partial charge in [0.2, 0.25) is 10.0 Å². The molecule has 0 aliphatic heterocycles. The molecule has 0 atom stereocenters. The number of nitrogens with zero attached hydrogens (tertiary/aromatic N) is 1. The number of benzene rings is 2. The zero-order valence-electron chi connectivity index (χ0n) is 14.7. The van der Waals surface area contributed by atoms with E-state index in [0.29, 0.717) is 40.6 Å². The fourth-order valence-corrected chi connectivity index (χ4v) is 4.15. The van der Waals surface area contributed by atoms with Crippen molar-refractivity contribution in [3.05, 3.63) is 70.0 Å². The van der Waals surface area contributed by atoms with E-state index in [1.165, 1.54) is 0 Å². The first-order chi connectivity index (χ1) is 12.9. The summed E-state index contributed by atoms with van der Waals surface area (Å²) in [7, 11) is -3.28. The van der Waals surface area contributed by atoms with E-state index in [1.807, 2.05) is 24.3 Å². The van der Waals surface area contributed by atoms with Gasteiger partial charge < -0.3 is 4.57 Å². The van der Waals surface area contributed by atoms with Crippen molar-refractivity contribution < 1.29 is 13.2 Å². The summed E-state index contributed by atoms with van der Waals surface area (Å²) in [6.45, 7) is 0.540. The van der Waals surface area contributed by atoms with Crippen LogP contribution in [0.25, 0.3) is 22.0 Å². The van der Waals surface area contributed by atoms with Gasteiger partial charge in [-0.3, -0.25) is 9.59 Å². The molecular formula is C20H18N2O4S. The Balaban J connectivity index is 1.89. The van der Waals surface area contributed by atoms with Crippen molar-refractivity contribution in [2.75, 3.05) is 12.8 Å². The highest BCUT2D eigenvalue weighted by Gasteiger charge is 2.32. The number of nitrogens with one attached hydrogen (secondary N) is 1. The van der Waals surface area contributed by atoms with Gasteiger partial charge in [-0.15, -0.1) is 0 Å². The Morgan fingerprint density at radius 2 is 1.56 bits per heavy atom. The molecule has 0 unspecified atom stereocenters. The predicted octanol–water partition coefficient (Wildman–Crippen LogP) is 2.15. The predicted molar refractivity (Wildman–Crippen MR) is 105 cm³/mol. The molecule has 2 aromatic carbocycles. The van der Waals surface area contributed by atoms with Gasteiger partial charge in [-0.1, -0.05) is 42.5 Å². The van der Waals surface area contributed by atoms with Crippen LogP contribution in [0.2, 0.25) is 0 Å². The number of aromatic nitrogens is 1. The Labute approximate surface area is 156 Å². The summed E-state index contributed by atoms with van der Waals surface area (Å²) in [4.78, 5) is 26.1. The third kappa shape index (κ3) is 2.98. The monoisotopic (exact) mass is 382 g/mol. The molecule has 4 rings (SSSR count). The summed E-state index contributed by atoms with van der Waals surface area (Å²) in [6, 6.07) is 14.4. The van der Waals surface area contributed by atoms with Crippen molar-refractivity contribution in [1.29, 1.82) is 0 Å². The van der Waals surface area contributed by atoms with Gasteiger partial charge in [-0.2, -0.15) is 0 Å². The van der Waals surface area contributed by atoms with Crippen LogP contribution in [-0.2, 0) is 16.6 Å². The third-order valence-corrected chi connectivity index (χ3v) is 5.48. The van der Waals surface area contributed by atoms with Crippen molar-refractivity contribution >= 4 is 26.6 Å². The molecule has 0 saturated carbocycles. The number of rotatable bonds is 5. The number of carbonyl (C=O) groups is 1. The third-order valence-electron chi connectivity index (χ3n) is 4.76. The van der Waals surface area contributed by atoms with Crippen LogP contribution in [0, 0.1) is 0 Å². The molecule has 0 spiro atoms. The Bertz CT molecular complexity index is 1240. The number of ketones is 1. The number of carbonyl (C=O) groups excluding carboxylic acids is 1. The quantitative estimate of drug-likeness (QED) is 0.536. The summed E-state index contributed by atoms with van der Waals surface area (Å²) in [5.74, 6) is -0.0835. The van der Waals surface area contributed by atoms with Crippen LogP contribution in [0.3, 0.4) is 0 Å². The fraction of sp³-hybridized carbons (Fsp3) is 0.200. The Morgan fingerprint density at radius 3 is 2.26 bits per heavy atom. The minimum Gasteiger partial charge on any atom is -0.307 e. The van der Waals surface area contributed by atoms with E-state index >= 15 is 0 Å². The number of pyridine rings is 1. The van der Waals surface area contributed by atoms with Crippen LogP contribution < -0.4 is 10.3 Å². The summed E-state index contributed by atoms with van der Waals surface area (Å²) >= 11 is 0. The molecule has 1 aliphatic rings. The van der Waals surface area contributed by atoms with E-state index in [9.17, 15) is 18.0 Å². The van der Waals surface area contributed by atoms with Gasteiger partial charge in [0.15, 0.2) is 5.78 Å². The number of hydrogen-bond donors (Lipinski definition) is 1. The van der Waals surface area contributed by atoms with Crippen molar-refractivity contribution in [3.8, 4) is 11.3 Å². The Kier molecular flexibility index (Phi) is 4.20. The number of sulfonamides is 1. The molecule has 1 heterocycles. The van der Waals surface area contributed by atoms with Crippen LogP contribution in [0.1, 0.15) is 22.3 Å². The van der Waals surface area contributed by atoms with Crippen LogP contribution in [0.5, 0.6) is 0 Å². The molecule has 3 aromatic rings. The summed E-state index contributed by atoms with van der Waals surface area (Å²) < 4.78 is 26.5. The highest BCUT2D eigenvalue weighted by Crippen LogP contribution is 2.39. The molecular weight excluding hydrogens is 364 g/mol. The van der Waals surface area contributed by atoms with Crippen LogP contribution in [0.4, 0.5) is 0 Å². The lowest BCUT2D eigenvalue weighted by Crippen LogP contribution is -2.27. The summed E-state index contributed by atoms with van der Waals surface area (Å²) in [6.07, 6.45) is 1.54. The van der Waals surface area contributed by atoms with E-state index in [0.717, 1.165) is 11.8 Å². The van der Waals surface area contributed by atoms with Crippen LogP contribution in [0.15, 0.2) is 53.3 Å². The highest BCUT2D eigenvalue weighted by molar-refractivity contribution is 7.88. The Morgan fingerprint density at radius 1 is 0.926 bits per heavy atom. The van der Waals surface area contributed by atoms with Gasteiger partial charge in [0.25, 0.3) is 5.56 Å². The largest absolute Gasteiger partial charge is 0.307 e. The second kappa shape index (κ2) is 6.44. The molecule has 6 nitrogen and oxygen atoms in total. The first-order valence-corrected chi connectivity index (χ1v) is 10.5. The first-order valence-electron chi connectivity index (χ1n) is 8.63. The molecule has 0 fully saturated rings. The van der Waals surface area contributed by atoms with Crippen molar-refractivity contribution in [3.63, 3.8) is 0 Å². The summed E-state index contributed by atoms with van der Waals surface area (Å²) in [5.41, 5.74) is 2.33. The first kappa shape index (κ1) is 17.6. The molecule has 0 saturated heterocycles. The zero-order valence-corrected chi connectivity index (χ0v) is 15.5. The van der Waals surface area contributed by atoms with Gasteiger partial charge >= 0.3 is 0 Å². The van der Waals surface area contributed by atoms with Crippen LogP contribution in [-0.4, -0.2) is 31.6 Å². The maximum Gasteiger partial charge on any atom is 0.258 e. The minimum atomic E-state index is -3.28. The van der Waals surface area contributed by atoms with Gasteiger partial charge in [0, 0.05) is 35.0 Å². The molecule has 0 bridgehead atoms. The molecule has 27 heavy (non-hydrogen) atoms. The van der Waals surface area contributed by atoms with Crippen molar-refractivity contribution in [2.24, 2.45) is 0 Å². The number of hydrogen-bond acceptors (Lipinski definition) is 4. The van der Waals surface area contributed by atoms with E-state index < -0.39 is 10.0 Å². The molecule has 1 aromatic heterocycles.